The summed E-state index contributed by atoms with van der Waals surface area (Å²) in [6.07, 6.45) is 1.61. The van der Waals surface area contributed by atoms with Crippen LogP contribution in [0.2, 0.25) is 0 Å². The molecule has 4 aromatic rings. The van der Waals surface area contributed by atoms with Crippen molar-refractivity contribution in [3.05, 3.63) is 107 Å². The van der Waals surface area contributed by atoms with Crippen LogP contribution in [-0.2, 0) is 6.54 Å². The number of benzene rings is 3. The number of para-hydroxylation sites is 1. The second-order valence-electron chi connectivity index (χ2n) is 6.93. The van der Waals surface area contributed by atoms with Gasteiger partial charge in [0.05, 0.1) is 6.21 Å². The quantitative estimate of drug-likeness (QED) is 0.368. The van der Waals surface area contributed by atoms with Crippen LogP contribution in [0.5, 0.6) is 0 Å². The first-order chi connectivity index (χ1) is 14.5. The molecule has 0 aliphatic rings. The van der Waals surface area contributed by atoms with Crippen LogP contribution in [0.4, 0.5) is 8.78 Å². The largest absolute Gasteiger partial charge is 0.340 e. The molecular formula is C24H19F2N3O. The standard InChI is InChI=1S/C24H19F2N3O/c1-16-22(14-27-28-24(30)18-8-12-20(26)13-9-18)21-4-2-3-5-23(21)29(16)15-17-6-10-19(25)11-7-17/h2-14H,15H2,1H3,(H,28,30)/b27-14-. The zero-order chi connectivity index (χ0) is 21.1. The van der Waals surface area contributed by atoms with E-state index in [-0.39, 0.29) is 5.82 Å². The van der Waals surface area contributed by atoms with Crippen molar-refractivity contribution in [1.29, 1.82) is 0 Å². The summed E-state index contributed by atoms with van der Waals surface area (Å²) in [5.41, 5.74) is 6.66. The first-order valence-corrected chi connectivity index (χ1v) is 9.44. The van der Waals surface area contributed by atoms with Crippen molar-refractivity contribution in [3.8, 4) is 0 Å². The lowest BCUT2D eigenvalue weighted by Crippen LogP contribution is -2.17. The maximum absolute atomic E-state index is 13.2. The Balaban J connectivity index is 1.61. The molecule has 0 spiro atoms. The third-order valence-electron chi connectivity index (χ3n) is 5.00. The highest BCUT2D eigenvalue weighted by atomic mass is 19.1. The van der Waals surface area contributed by atoms with Crippen molar-refractivity contribution in [2.45, 2.75) is 13.5 Å². The molecule has 6 heteroatoms. The van der Waals surface area contributed by atoms with E-state index in [1.54, 1.807) is 18.3 Å². The van der Waals surface area contributed by atoms with Crippen LogP contribution in [0.15, 0.2) is 77.9 Å². The number of fused-ring (bicyclic) bond motifs is 1. The summed E-state index contributed by atoms with van der Waals surface area (Å²) < 4.78 is 28.4. The molecule has 4 rings (SSSR count). The minimum absolute atomic E-state index is 0.266. The molecule has 1 amide bonds. The molecular weight excluding hydrogens is 384 g/mol. The molecule has 1 aromatic heterocycles. The molecule has 0 saturated heterocycles. The van der Waals surface area contributed by atoms with Gasteiger partial charge in [-0.1, -0.05) is 30.3 Å². The Morgan fingerprint density at radius 2 is 1.60 bits per heavy atom. The van der Waals surface area contributed by atoms with Gasteiger partial charge in [0, 0.05) is 34.3 Å². The Bertz CT molecular complexity index is 1230. The molecule has 0 bridgehead atoms. The van der Waals surface area contributed by atoms with Gasteiger partial charge >= 0.3 is 0 Å². The van der Waals surface area contributed by atoms with Crippen LogP contribution in [0, 0.1) is 18.6 Å². The van der Waals surface area contributed by atoms with Gasteiger partial charge in [-0.2, -0.15) is 5.10 Å². The van der Waals surface area contributed by atoms with Gasteiger partial charge < -0.3 is 4.57 Å². The third kappa shape index (κ3) is 3.98. The second-order valence-corrected chi connectivity index (χ2v) is 6.93. The van der Waals surface area contributed by atoms with Crippen LogP contribution in [-0.4, -0.2) is 16.7 Å². The van der Waals surface area contributed by atoms with E-state index >= 15 is 0 Å². The van der Waals surface area contributed by atoms with Crippen molar-refractivity contribution in [2.75, 3.05) is 0 Å². The highest BCUT2D eigenvalue weighted by Crippen LogP contribution is 2.25. The lowest BCUT2D eigenvalue weighted by Gasteiger charge is -2.08. The van der Waals surface area contributed by atoms with Crippen LogP contribution in [0.25, 0.3) is 10.9 Å². The van der Waals surface area contributed by atoms with E-state index in [0.29, 0.717) is 12.1 Å². The molecule has 0 radical (unpaired) electrons. The van der Waals surface area contributed by atoms with E-state index in [1.165, 1.54) is 36.4 Å². The van der Waals surface area contributed by atoms with Gasteiger partial charge in [0.15, 0.2) is 0 Å². The smallest absolute Gasteiger partial charge is 0.271 e. The van der Waals surface area contributed by atoms with Gasteiger partial charge in [0.2, 0.25) is 0 Å². The van der Waals surface area contributed by atoms with Gasteiger partial charge in [-0.15, -0.1) is 0 Å². The molecule has 150 valence electrons. The number of nitrogens with zero attached hydrogens (tertiary/aromatic N) is 2. The lowest BCUT2D eigenvalue weighted by molar-refractivity contribution is 0.0955. The number of hydrazone groups is 1. The zero-order valence-corrected chi connectivity index (χ0v) is 16.3. The first kappa shape index (κ1) is 19.5. The van der Waals surface area contributed by atoms with Gasteiger partial charge in [-0.25, -0.2) is 14.2 Å². The molecule has 0 unspecified atom stereocenters. The summed E-state index contributed by atoms with van der Waals surface area (Å²) in [7, 11) is 0. The number of aromatic nitrogens is 1. The van der Waals surface area contributed by atoms with Crippen LogP contribution in [0.3, 0.4) is 0 Å². The summed E-state index contributed by atoms with van der Waals surface area (Å²) >= 11 is 0. The highest BCUT2D eigenvalue weighted by Gasteiger charge is 2.13. The van der Waals surface area contributed by atoms with Crippen molar-refractivity contribution in [3.63, 3.8) is 0 Å². The fraction of sp³-hybridized carbons (Fsp3) is 0.0833. The Morgan fingerprint density at radius 3 is 2.30 bits per heavy atom. The van der Waals surface area contributed by atoms with Crippen molar-refractivity contribution >= 4 is 23.0 Å². The molecule has 0 aliphatic heterocycles. The topological polar surface area (TPSA) is 46.4 Å². The zero-order valence-electron chi connectivity index (χ0n) is 16.3. The third-order valence-corrected chi connectivity index (χ3v) is 5.00. The van der Waals surface area contributed by atoms with E-state index in [1.807, 2.05) is 31.2 Å². The molecule has 0 saturated carbocycles. The van der Waals surface area contributed by atoms with Crippen LogP contribution >= 0.6 is 0 Å². The van der Waals surface area contributed by atoms with E-state index in [4.69, 9.17) is 0 Å². The molecule has 1 N–H and O–H groups in total. The molecule has 0 atom stereocenters. The summed E-state index contributed by atoms with van der Waals surface area (Å²) in [6.45, 7) is 2.56. The predicted octanol–water partition coefficient (Wildman–Crippen LogP) is 5.04. The van der Waals surface area contributed by atoms with Gasteiger partial charge in [-0.3, -0.25) is 4.79 Å². The number of nitrogens with one attached hydrogen (secondary N) is 1. The van der Waals surface area contributed by atoms with Gasteiger partial charge in [0.25, 0.3) is 5.91 Å². The molecule has 4 nitrogen and oxygen atoms in total. The maximum Gasteiger partial charge on any atom is 0.271 e. The SMILES string of the molecule is Cc1c(/C=N\NC(=O)c2ccc(F)cc2)c2ccccc2n1Cc1ccc(F)cc1. The summed E-state index contributed by atoms with van der Waals surface area (Å²) in [6, 6.07) is 19.6. The summed E-state index contributed by atoms with van der Waals surface area (Å²) in [5.74, 6) is -1.09. The molecule has 0 aliphatic carbocycles. The minimum Gasteiger partial charge on any atom is -0.340 e. The summed E-state index contributed by atoms with van der Waals surface area (Å²) in [4.78, 5) is 12.2. The van der Waals surface area contributed by atoms with Crippen molar-refractivity contribution < 1.29 is 13.6 Å². The second kappa shape index (κ2) is 8.29. The van der Waals surface area contributed by atoms with Crippen LogP contribution < -0.4 is 5.43 Å². The lowest BCUT2D eigenvalue weighted by atomic mass is 10.1. The van der Waals surface area contributed by atoms with E-state index in [2.05, 4.69) is 15.1 Å². The van der Waals surface area contributed by atoms with Crippen molar-refractivity contribution in [2.24, 2.45) is 5.10 Å². The highest BCUT2D eigenvalue weighted by molar-refractivity contribution is 6.02. The number of amides is 1. The van der Waals surface area contributed by atoms with E-state index in [9.17, 15) is 13.6 Å². The van der Waals surface area contributed by atoms with Gasteiger partial charge in [0.1, 0.15) is 11.6 Å². The number of rotatable bonds is 5. The summed E-state index contributed by atoms with van der Waals surface area (Å²) in [5, 5.41) is 5.10. The number of hydrogen-bond acceptors (Lipinski definition) is 2. The Kier molecular flexibility index (Phi) is 5.39. The monoisotopic (exact) mass is 403 g/mol. The number of hydrogen-bond donors (Lipinski definition) is 1. The average Bonchev–Trinajstić information content (AvgIpc) is 3.01. The Hall–Kier alpha value is -3.80. The minimum atomic E-state index is -0.418. The fourth-order valence-corrected chi connectivity index (χ4v) is 3.42. The molecule has 3 aromatic carbocycles. The molecule has 1 heterocycles. The number of carbonyl (C=O) groups excluding carboxylic acids is 1. The van der Waals surface area contributed by atoms with E-state index < -0.39 is 11.7 Å². The Labute approximate surface area is 172 Å². The first-order valence-electron chi connectivity index (χ1n) is 9.44. The van der Waals surface area contributed by atoms with Crippen molar-refractivity contribution in [1.82, 2.24) is 9.99 Å². The average molecular weight is 403 g/mol. The predicted molar refractivity (Wildman–Crippen MR) is 114 cm³/mol. The molecule has 0 fully saturated rings. The molecule has 30 heavy (non-hydrogen) atoms. The van der Waals surface area contributed by atoms with Gasteiger partial charge in [-0.05, 0) is 55.0 Å². The van der Waals surface area contributed by atoms with Crippen LogP contribution in [0.1, 0.15) is 27.2 Å². The number of carbonyl (C=O) groups is 1. The fourth-order valence-electron chi connectivity index (χ4n) is 3.42. The van der Waals surface area contributed by atoms with E-state index in [0.717, 1.165) is 27.7 Å². The normalized spacial score (nSPS) is 11.3. The Morgan fingerprint density at radius 1 is 0.967 bits per heavy atom. The maximum atomic E-state index is 13.2. The number of halogens is 2.